The van der Waals surface area contributed by atoms with Gasteiger partial charge in [-0.3, -0.25) is 4.79 Å². The van der Waals surface area contributed by atoms with Crippen molar-refractivity contribution in [2.45, 2.75) is 30.7 Å². The molecule has 2 aromatic rings. The summed E-state index contributed by atoms with van der Waals surface area (Å²) < 4.78 is 57.0. The van der Waals surface area contributed by atoms with Gasteiger partial charge in [-0.1, -0.05) is 0 Å². The van der Waals surface area contributed by atoms with Gasteiger partial charge in [0.05, 0.1) is 36.7 Å². The van der Waals surface area contributed by atoms with Crippen LogP contribution in [0, 0.1) is 5.82 Å². The van der Waals surface area contributed by atoms with Gasteiger partial charge in [-0.2, -0.15) is 23.4 Å². The van der Waals surface area contributed by atoms with Crippen molar-refractivity contribution in [2.24, 2.45) is 0 Å². The van der Waals surface area contributed by atoms with Crippen LogP contribution < -0.4 is 4.74 Å². The van der Waals surface area contributed by atoms with Gasteiger partial charge in [0, 0.05) is 19.2 Å². The standard InChI is InChI=1S/C17H17FN4O3.C2HF3O2/c18-14-2-1-5-19-15(14)25-13-8-17(24-10-13)4-7-22(11-17)16(23)12-3-6-20-21-9-12;3-2(4,5)1(6)7/h1-3,5-6,9,13H,4,7-8,10-11H2;(H,6,7)/t13-,17-;/m0./s1. The fraction of sp³-hybridized carbons (Fsp3) is 0.421. The second-order valence-corrected chi connectivity index (χ2v) is 7.14. The van der Waals surface area contributed by atoms with E-state index in [1.807, 2.05) is 0 Å². The molecule has 4 rings (SSSR count). The van der Waals surface area contributed by atoms with Gasteiger partial charge < -0.3 is 19.5 Å². The van der Waals surface area contributed by atoms with Gasteiger partial charge in [-0.25, -0.2) is 14.2 Å². The van der Waals surface area contributed by atoms with Gasteiger partial charge in [0.1, 0.15) is 6.10 Å². The molecule has 32 heavy (non-hydrogen) atoms. The SMILES string of the molecule is O=C(O)C(F)(F)F.O=C(c1ccnnc1)N1CC[C@]2(C[C@H](Oc3ncccc3F)CO2)C1. The van der Waals surface area contributed by atoms with Crippen LogP contribution in [0.3, 0.4) is 0 Å². The van der Waals surface area contributed by atoms with Crippen molar-refractivity contribution in [2.75, 3.05) is 19.7 Å². The summed E-state index contributed by atoms with van der Waals surface area (Å²) in [5.41, 5.74) is 0.0693. The molecule has 1 amide bonds. The monoisotopic (exact) mass is 458 g/mol. The van der Waals surface area contributed by atoms with E-state index in [2.05, 4.69) is 15.2 Å². The Morgan fingerprint density at radius 2 is 2.00 bits per heavy atom. The largest absolute Gasteiger partial charge is 0.490 e. The molecular weight excluding hydrogens is 440 g/mol. The van der Waals surface area contributed by atoms with Crippen LogP contribution in [0.1, 0.15) is 23.2 Å². The third kappa shape index (κ3) is 5.66. The number of pyridine rings is 1. The van der Waals surface area contributed by atoms with Crippen molar-refractivity contribution in [1.29, 1.82) is 0 Å². The average molecular weight is 458 g/mol. The fourth-order valence-electron chi connectivity index (χ4n) is 3.40. The van der Waals surface area contributed by atoms with Crippen LogP contribution in [-0.4, -0.2) is 74.6 Å². The zero-order chi connectivity index (χ0) is 23.4. The van der Waals surface area contributed by atoms with E-state index in [4.69, 9.17) is 19.4 Å². The number of amides is 1. The molecule has 9 nitrogen and oxygen atoms in total. The van der Waals surface area contributed by atoms with Gasteiger partial charge in [-0.15, -0.1) is 0 Å². The molecule has 1 N–H and O–H groups in total. The van der Waals surface area contributed by atoms with Crippen LogP contribution in [0.5, 0.6) is 5.88 Å². The number of ether oxygens (including phenoxy) is 2. The van der Waals surface area contributed by atoms with Crippen LogP contribution >= 0.6 is 0 Å². The molecule has 2 saturated heterocycles. The molecule has 2 aromatic heterocycles. The van der Waals surface area contributed by atoms with Crippen molar-refractivity contribution in [3.05, 3.63) is 48.2 Å². The number of carboxylic acid groups (broad SMARTS) is 1. The first-order valence-corrected chi connectivity index (χ1v) is 9.37. The number of halogens is 4. The molecule has 0 radical (unpaired) electrons. The minimum Gasteiger partial charge on any atom is -0.475 e. The Morgan fingerprint density at radius 3 is 2.62 bits per heavy atom. The summed E-state index contributed by atoms with van der Waals surface area (Å²) in [6.07, 6.45) is 0.406. The summed E-state index contributed by atoms with van der Waals surface area (Å²) >= 11 is 0. The van der Waals surface area contributed by atoms with E-state index in [1.54, 1.807) is 11.0 Å². The van der Waals surface area contributed by atoms with E-state index in [1.165, 1.54) is 30.7 Å². The summed E-state index contributed by atoms with van der Waals surface area (Å²) in [5, 5.41) is 14.6. The number of hydrogen-bond acceptors (Lipinski definition) is 7. The molecule has 2 aliphatic rings. The highest BCUT2D eigenvalue weighted by atomic mass is 19.4. The maximum Gasteiger partial charge on any atom is 0.490 e. The minimum atomic E-state index is -5.08. The number of alkyl halides is 3. The Labute approximate surface area is 179 Å². The van der Waals surface area contributed by atoms with Crippen molar-refractivity contribution in [3.8, 4) is 5.88 Å². The quantitative estimate of drug-likeness (QED) is 0.696. The van der Waals surface area contributed by atoms with Crippen LogP contribution in [0.25, 0.3) is 0 Å². The van der Waals surface area contributed by atoms with E-state index in [0.717, 1.165) is 6.42 Å². The van der Waals surface area contributed by atoms with E-state index >= 15 is 0 Å². The van der Waals surface area contributed by atoms with Gasteiger partial charge in [-0.05, 0) is 24.6 Å². The number of aromatic nitrogens is 3. The molecule has 0 bridgehead atoms. The Balaban J connectivity index is 0.000000360. The lowest BCUT2D eigenvalue weighted by Crippen LogP contribution is -2.36. The smallest absolute Gasteiger partial charge is 0.475 e. The van der Waals surface area contributed by atoms with E-state index in [0.29, 0.717) is 31.7 Å². The summed E-state index contributed by atoms with van der Waals surface area (Å²) in [5.74, 6) is -3.35. The van der Waals surface area contributed by atoms with E-state index in [9.17, 15) is 22.4 Å². The first kappa shape index (κ1) is 23.3. The zero-order valence-corrected chi connectivity index (χ0v) is 16.5. The third-order valence-corrected chi connectivity index (χ3v) is 4.86. The van der Waals surface area contributed by atoms with Crippen molar-refractivity contribution < 1.29 is 41.7 Å². The number of likely N-dealkylation sites (tertiary alicyclic amines) is 1. The highest BCUT2D eigenvalue weighted by molar-refractivity contribution is 5.94. The van der Waals surface area contributed by atoms with Crippen LogP contribution in [0.2, 0.25) is 0 Å². The van der Waals surface area contributed by atoms with Crippen molar-refractivity contribution in [1.82, 2.24) is 20.1 Å². The summed E-state index contributed by atoms with van der Waals surface area (Å²) in [6, 6.07) is 4.47. The second-order valence-electron chi connectivity index (χ2n) is 7.14. The Kier molecular flexibility index (Phi) is 6.87. The van der Waals surface area contributed by atoms with Gasteiger partial charge in [0.15, 0.2) is 5.82 Å². The molecule has 172 valence electrons. The van der Waals surface area contributed by atoms with Crippen molar-refractivity contribution in [3.63, 3.8) is 0 Å². The fourth-order valence-corrected chi connectivity index (χ4v) is 3.40. The van der Waals surface area contributed by atoms with Crippen LogP contribution in [0.4, 0.5) is 17.6 Å². The van der Waals surface area contributed by atoms with Gasteiger partial charge in [0.25, 0.3) is 11.8 Å². The maximum atomic E-state index is 13.7. The van der Waals surface area contributed by atoms with Crippen LogP contribution in [0.15, 0.2) is 36.8 Å². The number of aliphatic carboxylic acids is 1. The lowest BCUT2D eigenvalue weighted by Gasteiger charge is -2.23. The molecule has 13 heteroatoms. The lowest BCUT2D eigenvalue weighted by atomic mass is 9.98. The highest BCUT2D eigenvalue weighted by Gasteiger charge is 2.48. The summed E-state index contributed by atoms with van der Waals surface area (Å²) in [4.78, 5) is 27.1. The molecule has 4 heterocycles. The highest BCUT2D eigenvalue weighted by Crippen LogP contribution is 2.37. The molecule has 1 spiro atoms. The average Bonchev–Trinajstić information content (AvgIpc) is 3.36. The molecule has 2 fully saturated rings. The Morgan fingerprint density at radius 1 is 1.25 bits per heavy atom. The van der Waals surface area contributed by atoms with E-state index in [-0.39, 0.29) is 17.9 Å². The predicted octanol–water partition coefficient (Wildman–Crippen LogP) is 2.10. The minimum absolute atomic E-state index is 0.0121. The second kappa shape index (κ2) is 9.42. The number of nitrogens with zero attached hydrogens (tertiary/aromatic N) is 4. The number of carbonyl (C=O) groups is 2. The summed E-state index contributed by atoms with van der Waals surface area (Å²) in [7, 11) is 0. The van der Waals surface area contributed by atoms with Gasteiger partial charge >= 0.3 is 12.1 Å². The van der Waals surface area contributed by atoms with Crippen LogP contribution in [-0.2, 0) is 9.53 Å². The molecule has 0 unspecified atom stereocenters. The molecule has 2 atom stereocenters. The molecular formula is C19H18F4N4O5. The molecule has 2 aliphatic heterocycles. The summed E-state index contributed by atoms with van der Waals surface area (Å²) in [6.45, 7) is 1.44. The first-order valence-electron chi connectivity index (χ1n) is 9.37. The number of hydrogen-bond donors (Lipinski definition) is 1. The van der Waals surface area contributed by atoms with Crippen molar-refractivity contribution >= 4 is 11.9 Å². The first-order chi connectivity index (χ1) is 15.1. The van der Waals surface area contributed by atoms with E-state index < -0.39 is 23.6 Å². The zero-order valence-electron chi connectivity index (χ0n) is 16.5. The molecule has 0 aromatic carbocycles. The lowest BCUT2D eigenvalue weighted by molar-refractivity contribution is -0.192. The predicted molar refractivity (Wildman–Crippen MR) is 98.2 cm³/mol. The Bertz CT molecular complexity index is 962. The topological polar surface area (TPSA) is 115 Å². The van der Waals surface area contributed by atoms with Gasteiger partial charge in [0.2, 0.25) is 0 Å². The number of carboxylic acids is 1. The molecule has 0 aliphatic carbocycles. The normalized spacial score (nSPS) is 22.4. The Hall–Kier alpha value is -3.35. The maximum absolute atomic E-state index is 13.7. The third-order valence-electron chi connectivity index (χ3n) is 4.86. The number of carbonyl (C=O) groups excluding carboxylic acids is 1. The molecule has 0 saturated carbocycles. The number of rotatable bonds is 3.